The number of rotatable bonds is 8. The second-order valence-corrected chi connectivity index (χ2v) is 7.10. The minimum Gasteiger partial charge on any atom is -0.493 e. The molecule has 0 atom stereocenters. The maximum Gasteiger partial charge on any atom is 0.338 e. The van der Waals surface area contributed by atoms with E-state index >= 15 is 0 Å². The number of aromatic nitrogens is 1. The predicted molar refractivity (Wildman–Crippen MR) is 115 cm³/mol. The van der Waals surface area contributed by atoms with Crippen molar-refractivity contribution in [3.8, 4) is 22.1 Å². The zero-order chi connectivity index (χ0) is 21.5. The third kappa shape index (κ3) is 5.15. The van der Waals surface area contributed by atoms with Crippen molar-refractivity contribution >= 4 is 28.9 Å². The average Bonchev–Trinajstić information content (AvgIpc) is 3.21. The SMILES string of the molecule is CCOC(=O)c1cccc(NC(=O)Cc2csc(-c3ccc(OC)c(OC)c3)n2)c1. The normalized spacial score (nSPS) is 10.4. The molecule has 1 amide bonds. The van der Waals surface area contributed by atoms with Gasteiger partial charge in [0.05, 0.1) is 38.5 Å². The van der Waals surface area contributed by atoms with Crippen LogP contribution in [-0.4, -0.2) is 37.7 Å². The van der Waals surface area contributed by atoms with E-state index < -0.39 is 5.97 Å². The Balaban J connectivity index is 1.67. The van der Waals surface area contributed by atoms with Gasteiger partial charge in [-0.2, -0.15) is 0 Å². The van der Waals surface area contributed by atoms with Crippen LogP contribution < -0.4 is 14.8 Å². The van der Waals surface area contributed by atoms with Crippen LogP contribution in [0.1, 0.15) is 23.0 Å². The van der Waals surface area contributed by atoms with Crippen LogP contribution in [0.3, 0.4) is 0 Å². The number of hydrogen-bond donors (Lipinski definition) is 1. The van der Waals surface area contributed by atoms with E-state index in [0.29, 0.717) is 35.1 Å². The maximum atomic E-state index is 12.4. The highest BCUT2D eigenvalue weighted by atomic mass is 32.1. The quantitative estimate of drug-likeness (QED) is 0.544. The summed E-state index contributed by atoms with van der Waals surface area (Å²) < 4.78 is 15.6. The van der Waals surface area contributed by atoms with E-state index in [9.17, 15) is 9.59 Å². The smallest absolute Gasteiger partial charge is 0.338 e. The Hall–Kier alpha value is -3.39. The summed E-state index contributed by atoms with van der Waals surface area (Å²) in [5.74, 6) is 0.612. The Morgan fingerprint density at radius 3 is 2.60 bits per heavy atom. The molecule has 0 bridgehead atoms. The van der Waals surface area contributed by atoms with Crippen LogP contribution in [0.5, 0.6) is 11.5 Å². The molecule has 0 fully saturated rings. The van der Waals surface area contributed by atoms with Gasteiger partial charge in [0.15, 0.2) is 11.5 Å². The topological polar surface area (TPSA) is 86.8 Å². The molecular weight excluding hydrogens is 404 g/mol. The molecule has 0 radical (unpaired) electrons. The first-order chi connectivity index (χ1) is 14.5. The lowest BCUT2D eigenvalue weighted by Crippen LogP contribution is -2.15. The molecule has 2 aromatic carbocycles. The summed E-state index contributed by atoms with van der Waals surface area (Å²) in [5, 5.41) is 5.42. The molecule has 1 aromatic heterocycles. The van der Waals surface area contributed by atoms with E-state index in [4.69, 9.17) is 14.2 Å². The first-order valence-electron chi connectivity index (χ1n) is 9.28. The fraction of sp³-hybridized carbons (Fsp3) is 0.227. The molecule has 1 N–H and O–H groups in total. The molecule has 8 heteroatoms. The van der Waals surface area contributed by atoms with E-state index in [1.54, 1.807) is 45.4 Å². The Bertz CT molecular complexity index is 1050. The van der Waals surface area contributed by atoms with E-state index in [1.807, 2.05) is 23.6 Å². The van der Waals surface area contributed by atoms with Crippen molar-refractivity contribution in [2.24, 2.45) is 0 Å². The summed E-state index contributed by atoms with van der Waals surface area (Å²) in [4.78, 5) is 28.8. The maximum absolute atomic E-state index is 12.4. The van der Waals surface area contributed by atoms with E-state index in [0.717, 1.165) is 10.6 Å². The number of amides is 1. The van der Waals surface area contributed by atoms with Gasteiger partial charge in [0, 0.05) is 16.6 Å². The zero-order valence-corrected chi connectivity index (χ0v) is 17.7. The second kappa shape index (κ2) is 9.89. The molecule has 30 heavy (non-hydrogen) atoms. The van der Waals surface area contributed by atoms with Gasteiger partial charge in [0.2, 0.25) is 5.91 Å². The molecule has 3 aromatic rings. The minimum absolute atomic E-state index is 0.118. The van der Waals surface area contributed by atoms with Gasteiger partial charge < -0.3 is 19.5 Å². The standard InChI is InChI=1S/C22H22N2O5S/c1-4-29-22(26)15-6-5-7-16(10-15)23-20(25)12-17-13-30-21(24-17)14-8-9-18(27-2)19(11-14)28-3/h5-11,13H,4,12H2,1-3H3,(H,23,25). The summed E-state index contributed by atoms with van der Waals surface area (Å²) in [6.45, 7) is 2.04. The Morgan fingerprint density at radius 2 is 1.87 bits per heavy atom. The number of ether oxygens (including phenoxy) is 3. The predicted octanol–water partition coefficient (Wildman–Crippen LogP) is 4.19. The van der Waals surface area contributed by atoms with Crippen molar-refractivity contribution in [3.63, 3.8) is 0 Å². The molecule has 0 aliphatic heterocycles. The van der Waals surface area contributed by atoms with Gasteiger partial charge in [-0.1, -0.05) is 6.07 Å². The highest BCUT2D eigenvalue weighted by Crippen LogP contribution is 2.33. The van der Waals surface area contributed by atoms with Crippen LogP contribution in [0.2, 0.25) is 0 Å². The first-order valence-corrected chi connectivity index (χ1v) is 10.2. The highest BCUT2D eigenvalue weighted by molar-refractivity contribution is 7.13. The number of esters is 1. The minimum atomic E-state index is -0.423. The zero-order valence-electron chi connectivity index (χ0n) is 16.9. The molecule has 0 aliphatic rings. The average molecular weight is 426 g/mol. The van der Waals surface area contributed by atoms with Crippen LogP contribution in [0, 0.1) is 0 Å². The van der Waals surface area contributed by atoms with Crippen molar-refractivity contribution in [2.45, 2.75) is 13.3 Å². The number of carbonyl (C=O) groups excluding carboxylic acids is 2. The lowest BCUT2D eigenvalue weighted by Gasteiger charge is -2.08. The largest absolute Gasteiger partial charge is 0.493 e. The van der Waals surface area contributed by atoms with Gasteiger partial charge in [0.25, 0.3) is 0 Å². The van der Waals surface area contributed by atoms with Crippen LogP contribution in [-0.2, 0) is 16.0 Å². The lowest BCUT2D eigenvalue weighted by molar-refractivity contribution is -0.115. The van der Waals surface area contributed by atoms with Gasteiger partial charge in [-0.15, -0.1) is 11.3 Å². The Morgan fingerprint density at radius 1 is 1.07 bits per heavy atom. The Kier molecular flexibility index (Phi) is 7.03. The van der Waals surface area contributed by atoms with Crippen molar-refractivity contribution in [1.82, 2.24) is 4.98 Å². The van der Waals surface area contributed by atoms with Crippen LogP contribution in [0.25, 0.3) is 10.6 Å². The van der Waals surface area contributed by atoms with Crippen molar-refractivity contribution < 1.29 is 23.8 Å². The summed E-state index contributed by atoms with van der Waals surface area (Å²) in [6.07, 6.45) is 0.118. The number of nitrogens with zero attached hydrogens (tertiary/aromatic N) is 1. The summed E-state index contributed by atoms with van der Waals surface area (Å²) in [5.41, 5.74) is 2.45. The number of hydrogen-bond acceptors (Lipinski definition) is 7. The molecule has 1 heterocycles. The van der Waals surface area contributed by atoms with E-state index in [-0.39, 0.29) is 12.3 Å². The van der Waals surface area contributed by atoms with Gasteiger partial charge in [-0.3, -0.25) is 4.79 Å². The molecule has 7 nitrogen and oxygen atoms in total. The van der Waals surface area contributed by atoms with E-state index in [2.05, 4.69) is 10.3 Å². The molecule has 0 saturated carbocycles. The second-order valence-electron chi connectivity index (χ2n) is 6.24. The number of thiazole rings is 1. The van der Waals surface area contributed by atoms with Gasteiger partial charge in [-0.25, -0.2) is 9.78 Å². The summed E-state index contributed by atoms with van der Waals surface area (Å²) in [6, 6.07) is 12.2. The number of benzene rings is 2. The highest BCUT2D eigenvalue weighted by Gasteiger charge is 2.13. The van der Waals surface area contributed by atoms with Gasteiger partial charge >= 0.3 is 5.97 Å². The molecule has 0 spiro atoms. The molecular formula is C22H22N2O5S. The fourth-order valence-corrected chi connectivity index (χ4v) is 3.61. The van der Waals surface area contributed by atoms with Crippen molar-refractivity contribution in [3.05, 3.63) is 59.1 Å². The van der Waals surface area contributed by atoms with Gasteiger partial charge in [0.1, 0.15) is 5.01 Å². The monoisotopic (exact) mass is 426 g/mol. The third-order valence-corrected chi connectivity index (χ3v) is 5.12. The lowest BCUT2D eigenvalue weighted by atomic mass is 10.2. The molecule has 3 rings (SSSR count). The molecule has 0 unspecified atom stereocenters. The summed E-state index contributed by atoms with van der Waals surface area (Å²) in [7, 11) is 3.16. The first kappa shape index (κ1) is 21.3. The van der Waals surface area contributed by atoms with E-state index in [1.165, 1.54) is 11.3 Å². The fourth-order valence-electron chi connectivity index (χ4n) is 2.80. The molecule has 0 saturated heterocycles. The number of methoxy groups -OCH3 is 2. The van der Waals surface area contributed by atoms with Crippen LogP contribution >= 0.6 is 11.3 Å². The molecule has 0 aliphatic carbocycles. The number of carbonyl (C=O) groups is 2. The molecule has 156 valence electrons. The third-order valence-electron chi connectivity index (χ3n) is 4.18. The number of anilines is 1. The summed E-state index contributed by atoms with van der Waals surface area (Å²) >= 11 is 1.45. The van der Waals surface area contributed by atoms with Crippen molar-refractivity contribution in [2.75, 3.05) is 26.1 Å². The Labute approximate surface area is 178 Å². The van der Waals surface area contributed by atoms with Gasteiger partial charge in [-0.05, 0) is 43.3 Å². The van der Waals surface area contributed by atoms with Crippen molar-refractivity contribution in [1.29, 1.82) is 0 Å². The number of nitrogens with one attached hydrogen (secondary N) is 1. The van der Waals surface area contributed by atoms with Crippen LogP contribution in [0.15, 0.2) is 47.8 Å². The van der Waals surface area contributed by atoms with Crippen LogP contribution in [0.4, 0.5) is 5.69 Å².